The van der Waals surface area contributed by atoms with Gasteiger partial charge >= 0.3 is 6.03 Å². The zero-order valence-corrected chi connectivity index (χ0v) is 14.8. The van der Waals surface area contributed by atoms with Crippen LogP contribution in [0.1, 0.15) is 23.6 Å². The Morgan fingerprint density at radius 3 is 2.96 bits per heavy atom. The molecule has 136 valence electrons. The third-order valence-corrected chi connectivity index (χ3v) is 4.76. The van der Waals surface area contributed by atoms with Gasteiger partial charge in [0.05, 0.1) is 17.7 Å². The van der Waals surface area contributed by atoms with Gasteiger partial charge in [-0.2, -0.15) is 0 Å². The fraction of sp³-hybridized carbons (Fsp3) is 0.316. The van der Waals surface area contributed by atoms with Gasteiger partial charge in [-0.3, -0.25) is 0 Å². The lowest BCUT2D eigenvalue weighted by atomic mass is 10.0. The van der Waals surface area contributed by atoms with Crippen LogP contribution in [0, 0.1) is 0 Å². The summed E-state index contributed by atoms with van der Waals surface area (Å²) < 4.78 is 16.3. The summed E-state index contributed by atoms with van der Waals surface area (Å²) in [7, 11) is 0. The van der Waals surface area contributed by atoms with Gasteiger partial charge in [0.1, 0.15) is 5.75 Å². The number of rotatable bonds is 4. The molecule has 0 spiro atoms. The Bertz CT molecular complexity index is 827. The third-order valence-electron chi connectivity index (χ3n) is 4.47. The lowest BCUT2D eigenvalue weighted by Crippen LogP contribution is -2.40. The van der Waals surface area contributed by atoms with E-state index >= 15 is 0 Å². The summed E-state index contributed by atoms with van der Waals surface area (Å²) in [5.41, 5.74) is 1.99. The fourth-order valence-electron chi connectivity index (χ4n) is 3.16. The van der Waals surface area contributed by atoms with Crippen molar-refractivity contribution in [2.75, 3.05) is 19.9 Å². The first-order valence-electron chi connectivity index (χ1n) is 8.55. The minimum atomic E-state index is -0.205. The van der Waals surface area contributed by atoms with Gasteiger partial charge in [-0.05, 0) is 30.2 Å². The first kappa shape index (κ1) is 16.8. The Hall–Kier alpha value is -2.60. The first-order chi connectivity index (χ1) is 12.7. The highest BCUT2D eigenvalue weighted by Gasteiger charge is 2.24. The molecule has 7 heteroatoms. The smallest absolute Gasteiger partial charge is 0.315 e. The lowest BCUT2D eigenvalue weighted by Gasteiger charge is -2.27. The summed E-state index contributed by atoms with van der Waals surface area (Å²) in [4.78, 5) is 12.2. The monoisotopic (exact) mass is 374 g/mol. The molecule has 0 radical (unpaired) electrons. The number of carbonyl (C=O) groups excluding carboxylic acids is 1. The molecule has 4 rings (SSSR count). The van der Waals surface area contributed by atoms with E-state index in [0.717, 1.165) is 22.6 Å². The molecule has 2 aliphatic rings. The van der Waals surface area contributed by atoms with Crippen LogP contribution in [0.3, 0.4) is 0 Å². The van der Waals surface area contributed by atoms with Crippen molar-refractivity contribution in [2.45, 2.75) is 18.9 Å². The second-order valence-corrected chi connectivity index (χ2v) is 6.59. The van der Waals surface area contributed by atoms with Gasteiger partial charge in [0.15, 0.2) is 11.5 Å². The van der Waals surface area contributed by atoms with Crippen LogP contribution in [0.15, 0.2) is 36.4 Å². The second-order valence-electron chi connectivity index (χ2n) is 6.19. The van der Waals surface area contributed by atoms with Crippen LogP contribution in [-0.2, 0) is 6.42 Å². The number of fused-ring (bicyclic) bond motifs is 2. The highest BCUT2D eigenvalue weighted by molar-refractivity contribution is 6.32. The minimum Gasteiger partial charge on any atom is -0.492 e. The quantitative estimate of drug-likeness (QED) is 0.860. The van der Waals surface area contributed by atoms with Crippen LogP contribution in [-0.4, -0.2) is 26.0 Å². The number of urea groups is 1. The Morgan fingerprint density at radius 1 is 1.15 bits per heavy atom. The zero-order chi connectivity index (χ0) is 17.9. The Balaban J connectivity index is 1.31. The maximum atomic E-state index is 12.2. The summed E-state index contributed by atoms with van der Waals surface area (Å²) in [6.45, 7) is 1.31. The molecule has 0 saturated carbocycles. The molecule has 26 heavy (non-hydrogen) atoms. The van der Waals surface area contributed by atoms with Crippen LogP contribution < -0.4 is 24.8 Å². The highest BCUT2D eigenvalue weighted by atomic mass is 35.5. The van der Waals surface area contributed by atoms with E-state index < -0.39 is 0 Å². The molecule has 2 N–H and O–H groups in total. The van der Waals surface area contributed by atoms with Crippen molar-refractivity contribution in [3.63, 3.8) is 0 Å². The number of benzene rings is 2. The van der Waals surface area contributed by atoms with Crippen molar-refractivity contribution in [3.8, 4) is 17.2 Å². The topological polar surface area (TPSA) is 68.8 Å². The van der Waals surface area contributed by atoms with Gasteiger partial charge in [-0.1, -0.05) is 29.8 Å². The maximum Gasteiger partial charge on any atom is 0.315 e. The van der Waals surface area contributed by atoms with Crippen LogP contribution in [0.4, 0.5) is 4.79 Å². The average molecular weight is 375 g/mol. The average Bonchev–Trinajstić information content (AvgIpc) is 3.10. The molecule has 2 aromatic carbocycles. The van der Waals surface area contributed by atoms with Gasteiger partial charge in [0.2, 0.25) is 6.79 Å². The fourth-order valence-corrected chi connectivity index (χ4v) is 3.40. The van der Waals surface area contributed by atoms with E-state index in [1.807, 2.05) is 30.3 Å². The number of hydrogen-bond donors (Lipinski definition) is 2. The lowest BCUT2D eigenvalue weighted by molar-refractivity contribution is 0.174. The van der Waals surface area contributed by atoms with Crippen molar-refractivity contribution in [1.82, 2.24) is 10.6 Å². The van der Waals surface area contributed by atoms with Gasteiger partial charge < -0.3 is 24.8 Å². The molecule has 2 aliphatic heterocycles. The summed E-state index contributed by atoms with van der Waals surface area (Å²) >= 11 is 6.16. The highest BCUT2D eigenvalue weighted by Crippen LogP contribution is 2.37. The largest absolute Gasteiger partial charge is 0.492 e. The van der Waals surface area contributed by atoms with Crippen molar-refractivity contribution >= 4 is 17.6 Å². The van der Waals surface area contributed by atoms with E-state index in [-0.39, 0.29) is 18.9 Å². The van der Waals surface area contributed by atoms with Crippen LogP contribution in [0.25, 0.3) is 0 Å². The molecule has 0 bridgehead atoms. The summed E-state index contributed by atoms with van der Waals surface area (Å²) in [6, 6.07) is 11.1. The van der Waals surface area contributed by atoms with Gasteiger partial charge in [-0.15, -0.1) is 0 Å². The maximum absolute atomic E-state index is 12.2. The van der Waals surface area contributed by atoms with Crippen LogP contribution >= 0.6 is 11.6 Å². The molecular weight excluding hydrogens is 356 g/mol. The molecule has 0 aromatic heterocycles. The van der Waals surface area contributed by atoms with Gasteiger partial charge in [0.25, 0.3) is 0 Å². The van der Waals surface area contributed by atoms with E-state index in [1.54, 1.807) is 6.07 Å². The Morgan fingerprint density at radius 2 is 2.04 bits per heavy atom. The predicted molar refractivity (Wildman–Crippen MR) is 97.1 cm³/mol. The Labute approximate surface area is 156 Å². The van der Waals surface area contributed by atoms with Crippen molar-refractivity contribution < 1.29 is 19.0 Å². The SMILES string of the molecule is O=C(NCCc1ccc2c(c1)OCO2)NC1CCOc2c(Cl)cccc21. The molecule has 1 unspecified atom stereocenters. The standard InChI is InChI=1S/C19H19ClN2O4/c20-14-3-1-2-13-15(7-9-24-18(13)14)22-19(23)21-8-6-12-4-5-16-17(10-12)26-11-25-16/h1-5,10,15H,6-9,11H2,(H2,21,22,23). The number of nitrogens with one attached hydrogen (secondary N) is 2. The second kappa shape index (κ2) is 7.33. The molecule has 1 atom stereocenters. The van der Waals surface area contributed by atoms with Gasteiger partial charge in [0, 0.05) is 18.5 Å². The molecule has 0 fully saturated rings. The van der Waals surface area contributed by atoms with E-state index in [4.69, 9.17) is 25.8 Å². The van der Waals surface area contributed by atoms with E-state index in [0.29, 0.717) is 36.8 Å². The third kappa shape index (κ3) is 3.51. The summed E-state index contributed by atoms with van der Waals surface area (Å²) in [5.74, 6) is 2.17. The van der Waals surface area contributed by atoms with Crippen molar-refractivity contribution in [2.24, 2.45) is 0 Å². The van der Waals surface area contributed by atoms with Crippen LogP contribution in [0.2, 0.25) is 5.02 Å². The minimum absolute atomic E-state index is 0.108. The number of hydrogen-bond acceptors (Lipinski definition) is 4. The zero-order valence-electron chi connectivity index (χ0n) is 14.1. The summed E-state index contributed by atoms with van der Waals surface area (Å²) in [6.07, 6.45) is 1.42. The molecule has 0 saturated heterocycles. The first-order valence-corrected chi connectivity index (χ1v) is 8.92. The molecule has 2 amide bonds. The molecular formula is C19H19ClN2O4. The molecule has 0 aliphatic carbocycles. The predicted octanol–water partition coefficient (Wildman–Crippen LogP) is 3.43. The van der Waals surface area contributed by atoms with E-state index in [1.165, 1.54) is 0 Å². The molecule has 2 heterocycles. The van der Waals surface area contributed by atoms with Crippen molar-refractivity contribution in [3.05, 3.63) is 52.5 Å². The molecule has 6 nitrogen and oxygen atoms in total. The molecule has 2 aromatic rings. The normalized spacial score (nSPS) is 17.2. The van der Waals surface area contributed by atoms with Gasteiger partial charge in [-0.25, -0.2) is 4.79 Å². The van der Waals surface area contributed by atoms with Crippen molar-refractivity contribution in [1.29, 1.82) is 0 Å². The summed E-state index contributed by atoms with van der Waals surface area (Å²) in [5, 5.41) is 6.46. The van der Waals surface area contributed by atoms with E-state index in [9.17, 15) is 4.79 Å². The number of ether oxygens (including phenoxy) is 3. The van der Waals surface area contributed by atoms with E-state index in [2.05, 4.69) is 10.6 Å². The number of para-hydroxylation sites is 1. The number of carbonyl (C=O) groups is 1. The van der Waals surface area contributed by atoms with Crippen LogP contribution in [0.5, 0.6) is 17.2 Å². The Kier molecular flexibility index (Phi) is 4.75. The number of halogens is 1. The number of amides is 2.